The van der Waals surface area contributed by atoms with E-state index in [0.29, 0.717) is 27.9 Å². The summed E-state index contributed by atoms with van der Waals surface area (Å²) in [5.74, 6) is -0.653. The van der Waals surface area contributed by atoms with Gasteiger partial charge in [-0.05, 0) is 52.7 Å². The zero-order valence-corrected chi connectivity index (χ0v) is 19.8. The number of carbonyl (C=O) groups is 3. The maximum absolute atomic E-state index is 13.1. The Kier molecular flexibility index (Phi) is 5.94. The minimum Gasteiger partial charge on any atom is -0.493 e. The maximum atomic E-state index is 13.1. The Balaban J connectivity index is 1.65. The number of carbonyl (C=O) groups excluding carboxylic acids is 3. The Hall–Kier alpha value is -2.59. The fraction of sp³-hybridized carbons (Fsp3) is 0.286. The normalized spacial score (nSPS) is 19.8. The number of benzene rings is 2. The Morgan fingerprint density at radius 1 is 1.16 bits per heavy atom. The standard InChI is InChI=1S/C21H18Br2N2O6/c1-29-15-7-4-11-17(18(15)30-2)21(28)31-20(11)25-14(6-8-16(25)26)19(27)24-13-5-3-10(22)9-12(13)23/h3-5,7,9,14,20H,6,8H2,1-2H3,(H,24,27)/t14-,20-/m0/s1. The highest BCUT2D eigenvalue weighted by molar-refractivity contribution is 9.11. The Morgan fingerprint density at radius 2 is 1.94 bits per heavy atom. The van der Waals surface area contributed by atoms with Gasteiger partial charge in [0.2, 0.25) is 18.0 Å². The molecule has 2 aliphatic rings. The molecule has 10 heteroatoms. The second-order valence-electron chi connectivity index (χ2n) is 6.99. The van der Waals surface area contributed by atoms with Gasteiger partial charge in [0.15, 0.2) is 11.5 Å². The van der Waals surface area contributed by atoms with Crippen LogP contribution in [0.1, 0.15) is 35.0 Å². The number of fused-ring (bicyclic) bond motifs is 1. The van der Waals surface area contributed by atoms with Crippen molar-refractivity contribution in [1.29, 1.82) is 0 Å². The molecule has 2 aromatic rings. The smallest absolute Gasteiger partial charge is 0.344 e. The van der Waals surface area contributed by atoms with Gasteiger partial charge in [-0.25, -0.2) is 4.79 Å². The number of halogens is 2. The van der Waals surface area contributed by atoms with E-state index in [4.69, 9.17) is 14.2 Å². The number of methoxy groups -OCH3 is 2. The van der Waals surface area contributed by atoms with Gasteiger partial charge in [-0.2, -0.15) is 0 Å². The van der Waals surface area contributed by atoms with Crippen LogP contribution in [0.15, 0.2) is 39.3 Å². The fourth-order valence-electron chi connectivity index (χ4n) is 3.85. The lowest BCUT2D eigenvalue weighted by Gasteiger charge is -2.29. The highest BCUT2D eigenvalue weighted by atomic mass is 79.9. The molecule has 2 aromatic carbocycles. The van der Waals surface area contributed by atoms with Crippen LogP contribution in [0.3, 0.4) is 0 Å². The van der Waals surface area contributed by atoms with E-state index >= 15 is 0 Å². The molecule has 1 saturated heterocycles. The molecule has 0 bridgehead atoms. The molecule has 2 heterocycles. The predicted molar refractivity (Wildman–Crippen MR) is 118 cm³/mol. The van der Waals surface area contributed by atoms with Crippen molar-refractivity contribution in [1.82, 2.24) is 4.90 Å². The molecule has 0 aliphatic carbocycles. The third-order valence-electron chi connectivity index (χ3n) is 5.27. The van der Waals surface area contributed by atoms with Crippen LogP contribution in [0.5, 0.6) is 11.5 Å². The SMILES string of the molecule is COc1ccc2c(c1OC)C(=O)O[C@@H]2N1C(=O)CC[C@H]1C(=O)Nc1ccc(Br)cc1Br. The van der Waals surface area contributed by atoms with E-state index in [2.05, 4.69) is 37.2 Å². The summed E-state index contributed by atoms with van der Waals surface area (Å²) < 4.78 is 17.7. The van der Waals surface area contributed by atoms with Crippen LogP contribution in [0.25, 0.3) is 0 Å². The molecule has 2 atom stereocenters. The molecule has 162 valence electrons. The minimum atomic E-state index is -1.01. The summed E-state index contributed by atoms with van der Waals surface area (Å²) >= 11 is 6.79. The van der Waals surface area contributed by atoms with Crippen LogP contribution in [0.2, 0.25) is 0 Å². The van der Waals surface area contributed by atoms with Crippen LogP contribution in [-0.2, 0) is 14.3 Å². The number of nitrogens with one attached hydrogen (secondary N) is 1. The zero-order valence-electron chi connectivity index (χ0n) is 16.6. The Labute approximate surface area is 195 Å². The molecule has 1 N–H and O–H groups in total. The Morgan fingerprint density at radius 3 is 2.61 bits per heavy atom. The van der Waals surface area contributed by atoms with E-state index in [1.165, 1.54) is 19.1 Å². The number of hydrogen-bond acceptors (Lipinski definition) is 6. The summed E-state index contributed by atoms with van der Waals surface area (Å²) in [5.41, 5.74) is 1.23. The second-order valence-corrected chi connectivity index (χ2v) is 8.76. The molecule has 8 nitrogen and oxygen atoms in total. The summed E-state index contributed by atoms with van der Waals surface area (Å²) in [4.78, 5) is 39.7. The lowest BCUT2D eigenvalue weighted by molar-refractivity contribution is -0.144. The van der Waals surface area contributed by atoms with Crippen LogP contribution >= 0.6 is 31.9 Å². The molecule has 0 radical (unpaired) electrons. The molecule has 0 unspecified atom stereocenters. The van der Waals surface area contributed by atoms with Gasteiger partial charge in [-0.3, -0.25) is 14.5 Å². The summed E-state index contributed by atoms with van der Waals surface area (Å²) in [7, 11) is 2.89. The molecule has 0 spiro atoms. The van der Waals surface area contributed by atoms with Gasteiger partial charge in [0.05, 0.1) is 19.9 Å². The van der Waals surface area contributed by atoms with E-state index in [1.807, 2.05) is 6.07 Å². The van der Waals surface area contributed by atoms with E-state index in [-0.39, 0.29) is 29.5 Å². The van der Waals surface area contributed by atoms with Crippen molar-refractivity contribution in [2.75, 3.05) is 19.5 Å². The third-order valence-corrected chi connectivity index (χ3v) is 6.42. The molecule has 2 aliphatic heterocycles. The van der Waals surface area contributed by atoms with Crippen molar-refractivity contribution in [3.63, 3.8) is 0 Å². The highest BCUT2D eigenvalue weighted by Gasteiger charge is 2.47. The molecule has 1 fully saturated rings. The van der Waals surface area contributed by atoms with Gasteiger partial charge < -0.3 is 19.5 Å². The van der Waals surface area contributed by atoms with Gasteiger partial charge in [0.1, 0.15) is 11.6 Å². The number of anilines is 1. The second kappa shape index (κ2) is 8.51. The number of esters is 1. The summed E-state index contributed by atoms with van der Waals surface area (Å²) in [6.45, 7) is 0. The van der Waals surface area contributed by atoms with Crippen LogP contribution in [0.4, 0.5) is 5.69 Å². The van der Waals surface area contributed by atoms with Gasteiger partial charge in [0, 0.05) is 20.9 Å². The molecule has 0 saturated carbocycles. The summed E-state index contributed by atoms with van der Waals surface area (Å²) in [6, 6.07) is 7.85. The van der Waals surface area contributed by atoms with Crippen molar-refractivity contribution < 1.29 is 28.6 Å². The first kappa shape index (κ1) is 21.6. The molecule has 4 rings (SSSR count). The van der Waals surface area contributed by atoms with Gasteiger partial charge in [-0.15, -0.1) is 0 Å². The van der Waals surface area contributed by atoms with Crippen LogP contribution < -0.4 is 14.8 Å². The molecule has 31 heavy (non-hydrogen) atoms. The quantitative estimate of drug-likeness (QED) is 0.562. The van der Waals surface area contributed by atoms with Crippen molar-refractivity contribution in [2.45, 2.75) is 25.1 Å². The van der Waals surface area contributed by atoms with Gasteiger partial charge in [-0.1, -0.05) is 15.9 Å². The van der Waals surface area contributed by atoms with Crippen molar-refractivity contribution >= 4 is 55.3 Å². The van der Waals surface area contributed by atoms with E-state index in [0.717, 1.165) is 4.47 Å². The first-order valence-corrected chi connectivity index (χ1v) is 11.0. The first-order chi connectivity index (χ1) is 14.8. The number of likely N-dealkylation sites (tertiary alicyclic amines) is 1. The fourth-order valence-corrected chi connectivity index (χ4v) is 5.00. The van der Waals surface area contributed by atoms with Crippen LogP contribution in [0, 0.1) is 0 Å². The first-order valence-electron chi connectivity index (χ1n) is 9.38. The van der Waals surface area contributed by atoms with Gasteiger partial charge in [0.25, 0.3) is 0 Å². The van der Waals surface area contributed by atoms with E-state index in [9.17, 15) is 14.4 Å². The topological polar surface area (TPSA) is 94.2 Å². The number of hydrogen-bond donors (Lipinski definition) is 1. The van der Waals surface area contributed by atoms with Gasteiger partial charge >= 0.3 is 5.97 Å². The minimum absolute atomic E-state index is 0.177. The number of rotatable bonds is 5. The Bertz CT molecular complexity index is 1090. The molecule has 2 amide bonds. The van der Waals surface area contributed by atoms with E-state index < -0.39 is 18.2 Å². The highest BCUT2D eigenvalue weighted by Crippen LogP contribution is 2.45. The lowest BCUT2D eigenvalue weighted by atomic mass is 10.1. The number of nitrogens with zero attached hydrogens (tertiary/aromatic N) is 1. The number of ether oxygens (including phenoxy) is 3. The maximum Gasteiger partial charge on any atom is 0.344 e. The van der Waals surface area contributed by atoms with Crippen molar-refractivity contribution in [3.05, 3.63) is 50.4 Å². The van der Waals surface area contributed by atoms with E-state index in [1.54, 1.807) is 24.3 Å². The van der Waals surface area contributed by atoms with Crippen LogP contribution in [-0.4, -0.2) is 42.9 Å². The summed E-state index contributed by atoms with van der Waals surface area (Å²) in [6.07, 6.45) is -0.521. The average Bonchev–Trinajstić information content (AvgIpc) is 3.29. The van der Waals surface area contributed by atoms with Crippen molar-refractivity contribution in [3.8, 4) is 11.5 Å². The molecular weight excluding hydrogens is 536 g/mol. The third kappa shape index (κ3) is 3.78. The number of amides is 2. The summed E-state index contributed by atoms with van der Waals surface area (Å²) in [5, 5.41) is 2.84. The number of cyclic esters (lactones) is 1. The molecule has 0 aromatic heterocycles. The monoisotopic (exact) mass is 552 g/mol. The molecular formula is C21H18Br2N2O6. The largest absolute Gasteiger partial charge is 0.493 e. The zero-order chi connectivity index (χ0) is 22.3. The average molecular weight is 554 g/mol. The van der Waals surface area contributed by atoms with Crippen molar-refractivity contribution in [2.24, 2.45) is 0 Å². The lowest BCUT2D eigenvalue weighted by Crippen LogP contribution is -2.43. The predicted octanol–water partition coefficient (Wildman–Crippen LogP) is 4.03.